The van der Waals surface area contributed by atoms with E-state index in [0.29, 0.717) is 32.4 Å². The molecule has 3 aliphatic heterocycles. The zero-order chi connectivity index (χ0) is 32.1. The zero-order valence-corrected chi connectivity index (χ0v) is 29.0. The van der Waals surface area contributed by atoms with Crippen LogP contribution in [0.2, 0.25) is 20.1 Å². The molecule has 0 spiro atoms. The maximum Gasteiger partial charge on any atom is 0.252 e. The highest BCUT2D eigenvalue weighted by Gasteiger charge is 2.41. The molecule has 1 amide bonds. The average Bonchev–Trinajstić information content (AvgIpc) is 3.79. The number of halogens is 4. The van der Waals surface area contributed by atoms with Crippen LogP contribution in [-0.2, 0) is 11.3 Å². The smallest absolute Gasteiger partial charge is 0.252 e. The Morgan fingerprint density at radius 3 is 2.52 bits per heavy atom. The van der Waals surface area contributed by atoms with E-state index in [1.165, 1.54) is 0 Å². The number of anilines is 1. The van der Waals surface area contributed by atoms with Crippen LogP contribution in [-0.4, -0.2) is 61.2 Å². The number of nitrogens with one attached hydrogen (secondary N) is 2. The van der Waals surface area contributed by atoms with Crippen molar-refractivity contribution in [1.29, 1.82) is 0 Å². The van der Waals surface area contributed by atoms with Crippen molar-refractivity contribution >= 4 is 63.6 Å². The number of carbonyl (C=O) groups excluding carboxylic acids is 1. The van der Waals surface area contributed by atoms with Crippen LogP contribution in [0.25, 0.3) is 5.57 Å². The van der Waals surface area contributed by atoms with Gasteiger partial charge in [-0.05, 0) is 85.2 Å². The molecule has 3 heterocycles. The van der Waals surface area contributed by atoms with Crippen molar-refractivity contribution in [3.05, 3.63) is 96.4 Å². The summed E-state index contributed by atoms with van der Waals surface area (Å²) in [6.45, 7) is 7.65. The summed E-state index contributed by atoms with van der Waals surface area (Å²) in [6, 6.07) is 16.7. The summed E-state index contributed by atoms with van der Waals surface area (Å²) in [6.07, 6.45) is 3.66. The van der Waals surface area contributed by atoms with Gasteiger partial charge in [0.25, 0.3) is 5.91 Å². The highest BCUT2D eigenvalue weighted by atomic mass is 35.5. The summed E-state index contributed by atoms with van der Waals surface area (Å²) in [4.78, 5) is 18.8. The van der Waals surface area contributed by atoms with Crippen molar-refractivity contribution in [2.75, 3.05) is 31.1 Å². The van der Waals surface area contributed by atoms with Crippen LogP contribution >= 0.6 is 46.4 Å². The number of ether oxygens (including phenoxy) is 1. The van der Waals surface area contributed by atoms with E-state index in [9.17, 15) is 4.79 Å². The third-order valence-corrected chi connectivity index (χ3v) is 11.4. The maximum atomic E-state index is 14.5. The fraction of sp³-hybridized carbons (Fsp3) is 0.417. The predicted molar refractivity (Wildman–Crippen MR) is 189 cm³/mol. The Morgan fingerprint density at radius 1 is 0.978 bits per heavy atom. The summed E-state index contributed by atoms with van der Waals surface area (Å²) >= 11 is 26.0. The van der Waals surface area contributed by atoms with Crippen LogP contribution in [0.15, 0.2) is 54.1 Å². The van der Waals surface area contributed by atoms with Gasteiger partial charge in [-0.25, -0.2) is 0 Å². The van der Waals surface area contributed by atoms with Crippen molar-refractivity contribution in [1.82, 2.24) is 15.5 Å². The van der Waals surface area contributed by atoms with Crippen LogP contribution in [0.3, 0.4) is 0 Å². The molecule has 46 heavy (non-hydrogen) atoms. The summed E-state index contributed by atoms with van der Waals surface area (Å²) in [7, 11) is 0. The second-order valence-corrected chi connectivity index (χ2v) is 14.6. The lowest BCUT2D eigenvalue weighted by atomic mass is 9.83. The van der Waals surface area contributed by atoms with Gasteiger partial charge in [0.15, 0.2) is 5.75 Å². The van der Waals surface area contributed by atoms with E-state index < -0.39 is 0 Å². The minimum atomic E-state index is -0.0497. The van der Waals surface area contributed by atoms with Gasteiger partial charge in [0.2, 0.25) is 0 Å². The van der Waals surface area contributed by atoms with E-state index in [4.69, 9.17) is 51.1 Å². The topological polar surface area (TPSA) is 56.8 Å². The lowest BCUT2D eigenvalue weighted by Gasteiger charge is -2.41. The number of fused-ring (bicyclic) bond motifs is 2. The molecule has 6 nitrogen and oxygen atoms in total. The molecule has 7 rings (SSSR count). The van der Waals surface area contributed by atoms with Crippen molar-refractivity contribution in [2.45, 2.75) is 70.3 Å². The number of piperazine rings is 1. The molecule has 2 saturated heterocycles. The molecule has 1 aliphatic carbocycles. The summed E-state index contributed by atoms with van der Waals surface area (Å²) in [5, 5.41) is 9.42. The first-order valence-electron chi connectivity index (χ1n) is 16.1. The van der Waals surface area contributed by atoms with Gasteiger partial charge in [0.05, 0.1) is 32.7 Å². The molecule has 3 atom stereocenters. The molecule has 2 N–H and O–H groups in total. The number of hydrogen-bond donors (Lipinski definition) is 2. The summed E-state index contributed by atoms with van der Waals surface area (Å²) in [5.74, 6) is 0.655. The Bertz CT molecular complexity index is 1690. The van der Waals surface area contributed by atoms with E-state index >= 15 is 0 Å². The fourth-order valence-corrected chi connectivity index (χ4v) is 8.05. The molecule has 1 saturated carbocycles. The Hall–Kier alpha value is -2.45. The molecule has 0 unspecified atom stereocenters. The van der Waals surface area contributed by atoms with Crippen LogP contribution < -0.4 is 20.3 Å². The number of nitrogens with zero attached hydrogens (tertiary/aromatic N) is 2. The van der Waals surface area contributed by atoms with Gasteiger partial charge in [-0.2, -0.15) is 0 Å². The maximum absolute atomic E-state index is 14.5. The van der Waals surface area contributed by atoms with Gasteiger partial charge >= 0.3 is 0 Å². The van der Waals surface area contributed by atoms with Crippen molar-refractivity contribution < 1.29 is 9.53 Å². The van der Waals surface area contributed by atoms with Gasteiger partial charge in [-0.3, -0.25) is 4.79 Å². The van der Waals surface area contributed by atoms with Gasteiger partial charge in [0.1, 0.15) is 6.10 Å². The molecule has 242 valence electrons. The molecule has 3 fully saturated rings. The fourth-order valence-electron chi connectivity index (χ4n) is 7.02. The highest BCUT2D eigenvalue weighted by molar-refractivity contribution is 6.42. The predicted octanol–water partition coefficient (Wildman–Crippen LogP) is 7.85. The standard InChI is InChI=1S/C36H38Cl4N4O2/c1-20-14-30(38)35(33(39)21(20)2)46-27-12-13-43(19-27)25-8-6-22(7-9-25)28-15-24-16-41-17-31(42-24)32(28)36(45)44(26-10-11-26)18-23-4-3-5-29(37)34(23)40/h3-9,14,24,26-27,31,41-42H,10-13,15-19H2,1-2H3/t24-,27+,31-/m1/s1. The largest absolute Gasteiger partial charge is 0.485 e. The minimum Gasteiger partial charge on any atom is -0.485 e. The summed E-state index contributed by atoms with van der Waals surface area (Å²) in [5.41, 5.74) is 7.14. The van der Waals surface area contributed by atoms with E-state index in [-0.39, 0.29) is 30.1 Å². The van der Waals surface area contributed by atoms with Crippen molar-refractivity contribution in [3.63, 3.8) is 0 Å². The number of hydrogen-bond acceptors (Lipinski definition) is 5. The van der Waals surface area contributed by atoms with Gasteiger partial charge in [-0.15, -0.1) is 0 Å². The normalized spacial score (nSPS) is 22.7. The average molecular weight is 701 g/mol. The molecule has 3 aromatic rings. The van der Waals surface area contributed by atoms with E-state index in [0.717, 1.165) is 90.9 Å². The van der Waals surface area contributed by atoms with Gasteiger partial charge in [0, 0.05) is 55.9 Å². The van der Waals surface area contributed by atoms with Crippen LogP contribution in [0.1, 0.15) is 47.9 Å². The zero-order valence-electron chi connectivity index (χ0n) is 26.0. The van der Waals surface area contributed by atoms with Crippen molar-refractivity contribution in [3.8, 4) is 5.75 Å². The second kappa shape index (κ2) is 13.2. The number of benzene rings is 3. The monoisotopic (exact) mass is 698 g/mol. The Morgan fingerprint density at radius 2 is 1.76 bits per heavy atom. The van der Waals surface area contributed by atoms with Gasteiger partial charge < -0.3 is 25.2 Å². The molecule has 2 bridgehead atoms. The number of aryl methyl sites for hydroxylation is 1. The Labute approximate surface area is 291 Å². The van der Waals surface area contributed by atoms with Crippen LogP contribution in [0, 0.1) is 13.8 Å². The molecule has 4 aliphatic rings. The molecule has 0 aromatic heterocycles. The molecular formula is C36H38Cl4N4O2. The number of rotatable bonds is 8. The first-order chi connectivity index (χ1) is 22.2. The lowest BCUT2D eigenvalue weighted by Crippen LogP contribution is -2.60. The second-order valence-electron chi connectivity index (χ2n) is 13.0. The SMILES string of the molecule is Cc1cc(Cl)c(O[C@H]2CCN(c3ccc(C4=C(C(=O)N(Cc5cccc(Cl)c5Cl)C5CC5)[C@H]5CNC[C@@H](C4)N5)cc3)C2)c(Cl)c1C. The molecule has 3 aromatic carbocycles. The Kier molecular flexibility index (Phi) is 9.23. The van der Waals surface area contributed by atoms with Crippen molar-refractivity contribution in [2.24, 2.45) is 0 Å². The minimum absolute atomic E-state index is 0.0126. The van der Waals surface area contributed by atoms with Gasteiger partial charge in [-0.1, -0.05) is 70.7 Å². The third kappa shape index (κ3) is 6.37. The van der Waals surface area contributed by atoms with Crippen LogP contribution in [0.5, 0.6) is 5.75 Å². The third-order valence-electron chi connectivity index (χ3n) is 9.84. The molecule has 10 heteroatoms. The number of carbonyl (C=O) groups is 1. The first kappa shape index (κ1) is 32.1. The summed E-state index contributed by atoms with van der Waals surface area (Å²) < 4.78 is 6.35. The number of amides is 1. The van der Waals surface area contributed by atoms with E-state index in [2.05, 4.69) is 39.8 Å². The quantitative estimate of drug-likeness (QED) is 0.251. The lowest BCUT2D eigenvalue weighted by molar-refractivity contribution is -0.128. The van der Waals surface area contributed by atoms with E-state index in [1.54, 1.807) is 6.07 Å². The van der Waals surface area contributed by atoms with E-state index in [1.807, 2.05) is 36.9 Å². The molecular weight excluding hydrogens is 662 g/mol. The Balaban J connectivity index is 1.13. The van der Waals surface area contributed by atoms with Crippen LogP contribution in [0.4, 0.5) is 5.69 Å². The molecule has 0 radical (unpaired) electrons. The first-order valence-corrected chi connectivity index (χ1v) is 17.6. The highest BCUT2D eigenvalue weighted by Crippen LogP contribution is 2.40.